The third-order valence-corrected chi connectivity index (χ3v) is 4.33. The zero-order valence-corrected chi connectivity index (χ0v) is 11.9. The summed E-state index contributed by atoms with van der Waals surface area (Å²) in [6, 6.07) is 12.3. The Morgan fingerprint density at radius 1 is 1.37 bits per heavy atom. The maximum absolute atomic E-state index is 6.06. The number of guanidine groups is 1. The highest BCUT2D eigenvalue weighted by Gasteiger charge is 2.27. The number of hydrogen-bond acceptors (Lipinski definition) is 4. The lowest BCUT2D eigenvalue weighted by Crippen LogP contribution is -2.35. The van der Waals surface area contributed by atoms with Gasteiger partial charge in [0.1, 0.15) is 0 Å². The normalized spacial score (nSPS) is 18.7. The highest BCUT2D eigenvalue weighted by molar-refractivity contribution is 7.09. The van der Waals surface area contributed by atoms with Crippen LogP contribution in [-0.2, 0) is 6.54 Å². The number of rotatable bonds is 3. The molecular formula is C14H14ClN3S. The molecule has 3 rings (SSSR count). The van der Waals surface area contributed by atoms with E-state index in [1.807, 2.05) is 18.2 Å². The molecule has 2 aromatic rings. The quantitative estimate of drug-likeness (QED) is 0.943. The SMILES string of the molecule is NC1=NCC(c2cccc(Cl)c2)N1Cc1cccs1. The highest BCUT2D eigenvalue weighted by Crippen LogP contribution is 2.29. The third-order valence-electron chi connectivity index (χ3n) is 3.24. The molecule has 1 unspecified atom stereocenters. The molecule has 0 aliphatic carbocycles. The summed E-state index contributed by atoms with van der Waals surface area (Å²) in [5.41, 5.74) is 7.17. The third kappa shape index (κ3) is 2.60. The van der Waals surface area contributed by atoms with Crippen molar-refractivity contribution < 1.29 is 0 Å². The number of aliphatic imine (C=N–C) groups is 1. The molecular weight excluding hydrogens is 278 g/mol. The van der Waals surface area contributed by atoms with Crippen molar-refractivity contribution in [3.63, 3.8) is 0 Å². The number of hydrogen-bond donors (Lipinski definition) is 1. The van der Waals surface area contributed by atoms with E-state index in [1.54, 1.807) is 11.3 Å². The van der Waals surface area contributed by atoms with E-state index in [9.17, 15) is 0 Å². The molecule has 0 amide bonds. The fourth-order valence-corrected chi connectivity index (χ4v) is 3.19. The van der Waals surface area contributed by atoms with Crippen LogP contribution in [0.4, 0.5) is 0 Å². The lowest BCUT2D eigenvalue weighted by molar-refractivity contribution is 0.343. The molecule has 2 heterocycles. The number of nitrogens with zero attached hydrogens (tertiary/aromatic N) is 2. The van der Waals surface area contributed by atoms with Gasteiger partial charge in [-0.2, -0.15) is 0 Å². The largest absolute Gasteiger partial charge is 0.370 e. The second kappa shape index (κ2) is 5.23. The van der Waals surface area contributed by atoms with Crippen molar-refractivity contribution in [2.75, 3.05) is 6.54 Å². The molecule has 0 fully saturated rings. The smallest absolute Gasteiger partial charge is 0.192 e. The zero-order chi connectivity index (χ0) is 13.2. The molecule has 1 aliphatic heterocycles. The predicted octanol–water partition coefficient (Wildman–Crippen LogP) is 3.27. The van der Waals surface area contributed by atoms with Crippen LogP contribution in [0.5, 0.6) is 0 Å². The lowest BCUT2D eigenvalue weighted by Gasteiger charge is -2.26. The van der Waals surface area contributed by atoms with Crippen molar-refractivity contribution in [2.45, 2.75) is 12.6 Å². The topological polar surface area (TPSA) is 41.6 Å². The average molecular weight is 292 g/mol. The Morgan fingerprint density at radius 2 is 2.26 bits per heavy atom. The van der Waals surface area contributed by atoms with Gasteiger partial charge in [-0.3, -0.25) is 4.99 Å². The molecule has 2 N–H and O–H groups in total. The summed E-state index contributed by atoms with van der Waals surface area (Å²) in [4.78, 5) is 7.79. The fourth-order valence-electron chi connectivity index (χ4n) is 2.29. The van der Waals surface area contributed by atoms with Gasteiger partial charge in [0, 0.05) is 9.90 Å². The van der Waals surface area contributed by atoms with Crippen LogP contribution >= 0.6 is 22.9 Å². The van der Waals surface area contributed by atoms with Crippen LogP contribution in [0.15, 0.2) is 46.8 Å². The van der Waals surface area contributed by atoms with E-state index in [1.165, 1.54) is 4.88 Å². The molecule has 3 nitrogen and oxygen atoms in total. The van der Waals surface area contributed by atoms with Gasteiger partial charge in [0.25, 0.3) is 0 Å². The van der Waals surface area contributed by atoms with Gasteiger partial charge in [-0.15, -0.1) is 11.3 Å². The lowest BCUT2D eigenvalue weighted by atomic mass is 10.1. The molecule has 1 aliphatic rings. The van der Waals surface area contributed by atoms with Gasteiger partial charge in [-0.1, -0.05) is 29.8 Å². The minimum Gasteiger partial charge on any atom is -0.370 e. The van der Waals surface area contributed by atoms with Gasteiger partial charge in [0.15, 0.2) is 5.96 Å². The van der Waals surface area contributed by atoms with E-state index in [2.05, 4.69) is 33.5 Å². The first-order chi connectivity index (χ1) is 9.24. The van der Waals surface area contributed by atoms with Crippen LogP contribution < -0.4 is 5.73 Å². The van der Waals surface area contributed by atoms with Crippen LogP contribution in [0.25, 0.3) is 0 Å². The minimum absolute atomic E-state index is 0.181. The summed E-state index contributed by atoms with van der Waals surface area (Å²) in [6.45, 7) is 1.49. The summed E-state index contributed by atoms with van der Waals surface area (Å²) >= 11 is 7.80. The van der Waals surface area contributed by atoms with Crippen molar-refractivity contribution in [3.8, 4) is 0 Å². The maximum Gasteiger partial charge on any atom is 0.192 e. The van der Waals surface area contributed by atoms with Gasteiger partial charge in [-0.05, 0) is 29.1 Å². The zero-order valence-electron chi connectivity index (χ0n) is 10.3. The molecule has 1 aromatic heterocycles. The summed E-state index contributed by atoms with van der Waals surface area (Å²) < 4.78 is 0. The van der Waals surface area contributed by atoms with E-state index in [-0.39, 0.29) is 6.04 Å². The van der Waals surface area contributed by atoms with Gasteiger partial charge < -0.3 is 10.6 Å². The molecule has 0 bridgehead atoms. The van der Waals surface area contributed by atoms with Crippen LogP contribution in [0.3, 0.4) is 0 Å². The molecule has 1 aromatic carbocycles. The van der Waals surface area contributed by atoms with Crippen molar-refractivity contribution in [2.24, 2.45) is 10.7 Å². The molecule has 0 saturated heterocycles. The van der Waals surface area contributed by atoms with Crippen LogP contribution in [0.2, 0.25) is 5.02 Å². The van der Waals surface area contributed by atoms with Gasteiger partial charge in [-0.25, -0.2) is 0 Å². The Labute approximate surface area is 121 Å². The summed E-state index contributed by atoms with van der Waals surface area (Å²) in [7, 11) is 0. The van der Waals surface area contributed by atoms with E-state index in [0.29, 0.717) is 12.5 Å². The minimum atomic E-state index is 0.181. The Balaban J connectivity index is 1.85. The fraction of sp³-hybridized carbons (Fsp3) is 0.214. The van der Waals surface area contributed by atoms with Crippen molar-refractivity contribution in [1.82, 2.24) is 4.90 Å². The average Bonchev–Trinajstić information content (AvgIpc) is 3.01. The molecule has 19 heavy (non-hydrogen) atoms. The van der Waals surface area contributed by atoms with E-state index < -0.39 is 0 Å². The van der Waals surface area contributed by atoms with Crippen molar-refractivity contribution in [1.29, 1.82) is 0 Å². The Morgan fingerprint density at radius 3 is 3.00 bits per heavy atom. The first kappa shape index (κ1) is 12.5. The van der Waals surface area contributed by atoms with Gasteiger partial charge >= 0.3 is 0 Å². The Bertz CT molecular complexity index is 594. The standard InChI is InChI=1S/C14H14ClN3S/c15-11-4-1-3-10(7-11)13-8-17-14(16)18(13)9-12-5-2-6-19-12/h1-7,13H,8-9H2,(H2,16,17). The van der Waals surface area contributed by atoms with E-state index in [0.717, 1.165) is 17.1 Å². The van der Waals surface area contributed by atoms with Crippen molar-refractivity contribution in [3.05, 3.63) is 57.2 Å². The van der Waals surface area contributed by atoms with Crippen LogP contribution in [-0.4, -0.2) is 17.4 Å². The number of thiophene rings is 1. The molecule has 0 spiro atoms. The number of nitrogens with two attached hydrogens (primary N) is 1. The van der Waals surface area contributed by atoms with E-state index >= 15 is 0 Å². The van der Waals surface area contributed by atoms with Crippen molar-refractivity contribution >= 4 is 28.9 Å². The van der Waals surface area contributed by atoms with Gasteiger partial charge in [0.05, 0.1) is 19.1 Å². The highest BCUT2D eigenvalue weighted by atomic mass is 35.5. The molecule has 98 valence electrons. The van der Waals surface area contributed by atoms with Gasteiger partial charge in [0.2, 0.25) is 0 Å². The summed E-state index contributed by atoms with van der Waals surface area (Å²) in [6.07, 6.45) is 0. The number of benzene rings is 1. The number of halogens is 1. The summed E-state index contributed by atoms with van der Waals surface area (Å²) in [5.74, 6) is 0.610. The molecule has 0 saturated carbocycles. The summed E-state index contributed by atoms with van der Waals surface area (Å²) in [5, 5.41) is 2.83. The predicted molar refractivity (Wildman–Crippen MR) is 80.5 cm³/mol. The second-order valence-electron chi connectivity index (χ2n) is 4.48. The van der Waals surface area contributed by atoms with Crippen LogP contribution in [0.1, 0.15) is 16.5 Å². The van der Waals surface area contributed by atoms with Crippen LogP contribution in [0, 0.1) is 0 Å². The monoisotopic (exact) mass is 291 g/mol. The molecule has 5 heteroatoms. The first-order valence-electron chi connectivity index (χ1n) is 6.08. The first-order valence-corrected chi connectivity index (χ1v) is 7.34. The molecule has 0 radical (unpaired) electrons. The maximum atomic E-state index is 6.06. The Hall–Kier alpha value is -1.52. The molecule has 1 atom stereocenters. The Kier molecular flexibility index (Phi) is 3.44. The second-order valence-corrected chi connectivity index (χ2v) is 5.95. The van der Waals surface area contributed by atoms with E-state index in [4.69, 9.17) is 17.3 Å².